The molecule has 1 rings (SSSR count). The fourth-order valence-corrected chi connectivity index (χ4v) is 1.31. The summed E-state index contributed by atoms with van der Waals surface area (Å²) in [4.78, 5) is 11.4. The summed E-state index contributed by atoms with van der Waals surface area (Å²) < 4.78 is 0. The Morgan fingerprint density at radius 1 is 1.47 bits per heavy atom. The van der Waals surface area contributed by atoms with E-state index in [9.17, 15) is 0 Å². The molecule has 0 aliphatic rings. The summed E-state index contributed by atoms with van der Waals surface area (Å²) in [5.74, 6) is 0.421. The fraction of sp³-hybridized carbons (Fsp3) is 0.625. The standard InChI is InChI=1S/C8H14ClN5O/c1-2-5(3-4-15)11-8-13-6(9)12-7(10)14-8/h5,15H,2-4H2,1H3,(H3,10,11,12,13,14). The van der Waals surface area contributed by atoms with Gasteiger partial charge in [-0.25, -0.2) is 0 Å². The van der Waals surface area contributed by atoms with Gasteiger partial charge >= 0.3 is 0 Å². The molecule has 0 saturated carbocycles. The third-order valence-corrected chi connectivity index (χ3v) is 2.10. The number of nitrogen functional groups attached to an aromatic ring is 1. The highest BCUT2D eigenvalue weighted by molar-refractivity contribution is 6.28. The zero-order chi connectivity index (χ0) is 11.3. The van der Waals surface area contributed by atoms with E-state index >= 15 is 0 Å². The molecule has 84 valence electrons. The van der Waals surface area contributed by atoms with Crippen molar-refractivity contribution in [2.24, 2.45) is 0 Å². The summed E-state index contributed by atoms with van der Waals surface area (Å²) >= 11 is 5.62. The summed E-state index contributed by atoms with van der Waals surface area (Å²) in [5, 5.41) is 11.9. The van der Waals surface area contributed by atoms with E-state index in [1.807, 2.05) is 6.92 Å². The van der Waals surface area contributed by atoms with Gasteiger partial charge in [-0.15, -0.1) is 0 Å². The molecule has 6 nitrogen and oxygen atoms in total. The molecule has 0 radical (unpaired) electrons. The van der Waals surface area contributed by atoms with Crippen molar-refractivity contribution >= 4 is 23.5 Å². The highest BCUT2D eigenvalue weighted by Gasteiger charge is 2.08. The Morgan fingerprint density at radius 3 is 2.73 bits per heavy atom. The number of anilines is 2. The molecule has 0 fully saturated rings. The van der Waals surface area contributed by atoms with Crippen LogP contribution < -0.4 is 11.1 Å². The number of aliphatic hydroxyl groups is 1. The van der Waals surface area contributed by atoms with Crippen molar-refractivity contribution in [3.8, 4) is 0 Å². The van der Waals surface area contributed by atoms with Crippen LogP contribution in [-0.4, -0.2) is 32.7 Å². The molecule has 1 heterocycles. The van der Waals surface area contributed by atoms with Gasteiger partial charge in [0.1, 0.15) is 0 Å². The Bertz CT molecular complexity index is 302. The Balaban J connectivity index is 2.69. The molecule has 4 N–H and O–H groups in total. The molecule has 7 heteroatoms. The number of aromatic nitrogens is 3. The van der Waals surface area contributed by atoms with Gasteiger partial charge in [0, 0.05) is 12.6 Å². The molecule has 0 aromatic carbocycles. The third-order valence-electron chi connectivity index (χ3n) is 1.93. The molecular weight excluding hydrogens is 218 g/mol. The Hall–Kier alpha value is -1.14. The maximum absolute atomic E-state index is 8.81. The first kappa shape index (κ1) is 11.9. The minimum Gasteiger partial charge on any atom is -0.396 e. The zero-order valence-corrected chi connectivity index (χ0v) is 9.20. The van der Waals surface area contributed by atoms with Crippen molar-refractivity contribution in [2.45, 2.75) is 25.8 Å². The number of rotatable bonds is 5. The first-order valence-electron chi connectivity index (χ1n) is 4.70. The normalized spacial score (nSPS) is 12.5. The summed E-state index contributed by atoms with van der Waals surface area (Å²) in [7, 11) is 0. The second-order valence-electron chi connectivity index (χ2n) is 3.05. The van der Waals surface area contributed by atoms with Crippen LogP contribution in [0.1, 0.15) is 19.8 Å². The monoisotopic (exact) mass is 231 g/mol. The topological polar surface area (TPSA) is 97.0 Å². The first-order valence-corrected chi connectivity index (χ1v) is 5.08. The van der Waals surface area contributed by atoms with Crippen LogP contribution in [0.3, 0.4) is 0 Å². The van der Waals surface area contributed by atoms with E-state index in [1.165, 1.54) is 0 Å². The lowest BCUT2D eigenvalue weighted by Gasteiger charge is -2.15. The molecule has 15 heavy (non-hydrogen) atoms. The summed E-state index contributed by atoms with van der Waals surface area (Å²) in [6.45, 7) is 2.11. The number of nitrogens with one attached hydrogen (secondary N) is 1. The third kappa shape index (κ3) is 3.85. The average Bonchev–Trinajstić information content (AvgIpc) is 2.15. The van der Waals surface area contributed by atoms with Gasteiger partial charge in [-0.1, -0.05) is 6.92 Å². The van der Waals surface area contributed by atoms with Crippen molar-refractivity contribution < 1.29 is 5.11 Å². The van der Waals surface area contributed by atoms with E-state index in [0.717, 1.165) is 6.42 Å². The molecule has 0 aliphatic carbocycles. The smallest absolute Gasteiger partial charge is 0.229 e. The van der Waals surface area contributed by atoms with Crippen molar-refractivity contribution in [1.82, 2.24) is 15.0 Å². The molecule has 0 saturated heterocycles. The van der Waals surface area contributed by atoms with E-state index in [-0.39, 0.29) is 23.9 Å². The number of hydrogen-bond acceptors (Lipinski definition) is 6. The van der Waals surface area contributed by atoms with Crippen LogP contribution in [0.2, 0.25) is 5.28 Å². The Morgan fingerprint density at radius 2 is 2.20 bits per heavy atom. The molecule has 1 atom stereocenters. The van der Waals surface area contributed by atoms with Crippen molar-refractivity contribution in [3.05, 3.63) is 5.28 Å². The van der Waals surface area contributed by atoms with E-state index in [1.54, 1.807) is 0 Å². The van der Waals surface area contributed by atoms with Crippen LogP contribution in [0, 0.1) is 0 Å². The quantitative estimate of drug-likeness (QED) is 0.690. The lowest BCUT2D eigenvalue weighted by Crippen LogP contribution is -2.21. The van der Waals surface area contributed by atoms with Gasteiger partial charge in [0.2, 0.25) is 17.2 Å². The van der Waals surface area contributed by atoms with Gasteiger partial charge in [0.15, 0.2) is 0 Å². The maximum Gasteiger partial charge on any atom is 0.229 e. The number of hydrogen-bond donors (Lipinski definition) is 3. The predicted octanol–water partition coefficient (Wildman–Crippen LogP) is 0.680. The van der Waals surface area contributed by atoms with E-state index in [0.29, 0.717) is 12.4 Å². The van der Waals surface area contributed by atoms with E-state index < -0.39 is 0 Å². The van der Waals surface area contributed by atoms with Gasteiger partial charge < -0.3 is 16.2 Å². The highest BCUT2D eigenvalue weighted by atomic mass is 35.5. The lowest BCUT2D eigenvalue weighted by atomic mass is 10.2. The molecule has 1 unspecified atom stereocenters. The molecule has 0 aliphatic heterocycles. The lowest BCUT2D eigenvalue weighted by molar-refractivity contribution is 0.278. The fourth-order valence-electron chi connectivity index (χ4n) is 1.15. The second-order valence-corrected chi connectivity index (χ2v) is 3.39. The van der Waals surface area contributed by atoms with E-state index in [4.69, 9.17) is 22.4 Å². The van der Waals surface area contributed by atoms with Crippen molar-refractivity contribution in [2.75, 3.05) is 17.7 Å². The summed E-state index contributed by atoms with van der Waals surface area (Å²) in [6, 6.07) is 0.105. The van der Waals surface area contributed by atoms with Crippen LogP contribution in [0.25, 0.3) is 0 Å². The Labute approximate surface area is 92.9 Å². The predicted molar refractivity (Wildman–Crippen MR) is 58.7 cm³/mol. The van der Waals surface area contributed by atoms with Crippen LogP contribution in [0.5, 0.6) is 0 Å². The molecule has 0 bridgehead atoms. The highest BCUT2D eigenvalue weighted by Crippen LogP contribution is 2.10. The van der Waals surface area contributed by atoms with Gasteiger partial charge in [-0.2, -0.15) is 15.0 Å². The summed E-state index contributed by atoms with van der Waals surface area (Å²) in [5.41, 5.74) is 5.41. The SMILES string of the molecule is CCC(CCO)Nc1nc(N)nc(Cl)n1. The van der Waals surface area contributed by atoms with E-state index in [2.05, 4.69) is 20.3 Å². The minimum atomic E-state index is 0.0591. The van der Waals surface area contributed by atoms with Gasteiger partial charge in [-0.05, 0) is 24.4 Å². The average molecular weight is 232 g/mol. The maximum atomic E-state index is 8.81. The number of aliphatic hydroxyl groups excluding tert-OH is 1. The number of halogens is 1. The zero-order valence-electron chi connectivity index (χ0n) is 8.44. The van der Waals surface area contributed by atoms with Crippen LogP contribution in [0.15, 0.2) is 0 Å². The van der Waals surface area contributed by atoms with Crippen LogP contribution in [-0.2, 0) is 0 Å². The largest absolute Gasteiger partial charge is 0.396 e. The molecule has 1 aromatic heterocycles. The minimum absolute atomic E-state index is 0.0591. The molecule has 0 amide bonds. The molecule has 0 spiro atoms. The van der Waals surface area contributed by atoms with Crippen LogP contribution in [0.4, 0.5) is 11.9 Å². The van der Waals surface area contributed by atoms with Crippen molar-refractivity contribution in [1.29, 1.82) is 0 Å². The Kier molecular flexibility index (Phi) is 4.51. The van der Waals surface area contributed by atoms with Gasteiger partial charge in [0.05, 0.1) is 0 Å². The number of nitrogens with two attached hydrogens (primary N) is 1. The van der Waals surface area contributed by atoms with Crippen LogP contribution >= 0.6 is 11.6 Å². The first-order chi connectivity index (χ1) is 7.15. The summed E-state index contributed by atoms with van der Waals surface area (Å²) in [6.07, 6.45) is 1.48. The molecule has 1 aromatic rings. The second kappa shape index (κ2) is 5.67. The van der Waals surface area contributed by atoms with Gasteiger partial charge in [0.25, 0.3) is 0 Å². The number of nitrogens with zero attached hydrogens (tertiary/aromatic N) is 3. The van der Waals surface area contributed by atoms with Gasteiger partial charge in [-0.3, -0.25) is 0 Å². The van der Waals surface area contributed by atoms with Crippen molar-refractivity contribution in [3.63, 3.8) is 0 Å². The molecular formula is C8H14ClN5O.